The first-order valence-electron chi connectivity index (χ1n) is 8.01. The first kappa shape index (κ1) is 18.4. The molecule has 1 aliphatic heterocycles. The summed E-state index contributed by atoms with van der Waals surface area (Å²) in [4.78, 5) is 13.9. The van der Waals surface area contributed by atoms with Gasteiger partial charge in [-0.1, -0.05) is 18.9 Å². The Morgan fingerprint density at radius 1 is 1.21 bits per heavy atom. The fraction of sp³-hybridized carbons (Fsp3) is 0.562. The van der Waals surface area contributed by atoms with E-state index in [1.165, 1.54) is 12.8 Å². The molecule has 0 aromatic heterocycles. The lowest BCUT2D eigenvalue weighted by atomic mass is 10.2. The standard InChI is InChI=1S/C16H22F3N3O2/c17-16(18,19)14(23)11-20-15(24)21-12-6-5-7-13(10-12)22-8-3-1-2-4-9-22/h5-7,10,14,23H,1-4,8-9,11H2,(H2,20,21,24). The third-order valence-electron chi connectivity index (χ3n) is 3.91. The van der Waals surface area contributed by atoms with Gasteiger partial charge in [0.15, 0.2) is 6.10 Å². The topological polar surface area (TPSA) is 64.6 Å². The predicted molar refractivity (Wildman–Crippen MR) is 86.2 cm³/mol. The first-order chi connectivity index (χ1) is 11.4. The van der Waals surface area contributed by atoms with Gasteiger partial charge in [0.1, 0.15) is 0 Å². The van der Waals surface area contributed by atoms with Crippen LogP contribution in [-0.2, 0) is 0 Å². The number of aliphatic hydroxyl groups is 1. The Balaban J connectivity index is 1.90. The van der Waals surface area contributed by atoms with Crippen molar-refractivity contribution in [2.45, 2.75) is 38.0 Å². The van der Waals surface area contributed by atoms with Gasteiger partial charge in [0.2, 0.25) is 0 Å². The van der Waals surface area contributed by atoms with Gasteiger partial charge in [-0.15, -0.1) is 0 Å². The number of nitrogens with zero attached hydrogens (tertiary/aromatic N) is 1. The zero-order valence-electron chi connectivity index (χ0n) is 13.3. The van der Waals surface area contributed by atoms with Gasteiger partial charge in [-0.25, -0.2) is 4.79 Å². The van der Waals surface area contributed by atoms with Crippen molar-refractivity contribution in [3.05, 3.63) is 24.3 Å². The molecule has 8 heteroatoms. The molecule has 134 valence electrons. The fourth-order valence-corrected chi connectivity index (χ4v) is 2.59. The van der Waals surface area contributed by atoms with Crippen molar-refractivity contribution in [2.75, 3.05) is 29.9 Å². The number of carbonyl (C=O) groups is 1. The van der Waals surface area contributed by atoms with E-state index in [4.69, 9.17) is 5.11 Å². The van der Waals surface area contributed by atoms with Gasteiger partial charge in [-0.2, -0.15) is 13.2 Å². The van der Waals surface area contributed by atoms with Crippen LogP contribution < -0.4 is 15.5 Å². The molecule has 24 heavy (non-hydrogen) atoms. The highest BCUT2D eigenvalue weighted by molar-refractivity contribution is 5.89. The zero-order valence-corrected chi connectivity index (χ0v) is 13.3. The van der Waals surface area contributed by atoms with Gasteiger partial charge in [0.25, 0.3) is 0 Å². The van der Waals surface area contributed by atoms with E-state index in [0.29, 0.717) is 5.69 Å². The van der Waals surface area contributed by atoms with Gasteiger partial charge < -0.3 is 20.6 Å². The number of nitrogens with one attached hydrogen (secondary N) is 2. The molecule has 0 bridgehead atoms. The van der Waals surface area contributed by atoms with E-state index in [2.05, 4.69) is 10.2 Å². The van der Waals surface area contributed by atoms with Gasteiger partial charge in [-0.05, 0) is 31.0 Å². The van der Waals surface area contributed by atoms with Crippen LogP contribution in [0.2, 0.25) is 0 Å². The maximum Gasteiger partial charge on any atom is 0.416 e. The lowest BCUT2D eigenvalue weighted by molar-refractivity contribution is -0.201. The molecule has 1 aromatic carbocycles. The summed E-state index contributed by atoms with van der Waals surface area (Å²) in [6.07, 6.45) is -2.68. The average molecular weight is 345 g/mol. The summed E-state index contributed by atoms with van der Waals surface area (Å²) in [6.45, 7) is 1.02. The number of aliphatic hydroxyl groups excluding tert-OH is 1. The number of halogens is 3. The minimum Gasteiger partial charge on any atom is -0.382 e. The summed E-state index contributed by atoms with van der Waals surface area (Å²) in [7, 11) is 0. The van der Waals surface area contributed by atoms with E-state index in [1.807, 2.05) is 11.4 Å². The molecule has 0 radical (unpaired) electrons. The van der Waals surface area contributed by atoms with Crippen LogP contribution in [0.25, 0.3) is 0 Å². The van der Waals surface area contributed by atoms with Crippen molar-refractivity contribution in [1.29, 1.82) is 0 Å². The van der Waals surface area contributed by atoms with Crippen LogP contribution in [0.15, 0.2) is 24.3 Å². The van der Waals surface area contributed by atoms with Crippen molar-refractivity contribution in [3.8, 4) is 0 Å². The molecular weight excluding hydrogens is 323 g/mol. The maximum atomic E-state index is 12.2. The summed E-state index contributed by atoms with van der Waals surface area (Å²) in [5.41, 5.74) is 1.47. The van der Waals surface area contributed by atoms with E-state index in [9.17, 15) is 18.0 Å². The molecule has 1 atom stereocenters. The molecule has 5 nitrogen and oxygen atoms in total. The van der Waals surface area contributed by atoms with Crippen molar-refractivity contribution < 1.29 is 23.1 Å². The van der Waals surface area contributed by atoms with E-state index in [0.717, 1.165) is 31.6 Å². The Labute approximate surface area is 138 Å². The van der Waals surface area contributed by atoms with Crippen LogP contribution in [-0.4, -0.2) is 43.1 Å². The second-order valence-corrected chi connectivity index (χ2v) is 5.84. The number of amides is 2. The molecule has 3 N–H and O–H groups in total. The molecule has 1 unspecified atom stereocenters. The van der Waals surface area contributed by atoms with Crippen molar-refractivity contribution in [3.63, 3.8) is 0 Å². The molecular formula is C16H22F3N3O2. The molecule has 1 aliphatic rings. The van der Waals surface area contributed by atoms with Crippen LogP contribution in [0.1, 0.15) is 25.7 Å². The Morgan fingerprint density at radius 2 is 1.88 bits per heavy atom. The third-order valence-corrected chi connectivity index (χ3v) is 3.91. The lowest BCUT2D eigenvalue weighted by Crippen LogP contribution is -2.42. The maximum absolute atomic E-state index is 12.2. The van der Waals surface area contributed by atoms with E-state index >= 15 is 0 Å². The Hall–Kier alpha value is -1.96. The van der Waals surface area contributed by atoms with Crippen molar-refractivity contribution in [2.24, 2.45) is 0 Å². The summed E-state index contributed by atoms with van der Waals surface area (Å²) in [5.74, 6) is 0. The number of benzene rings is 1. The molecule has 1 aromatic rings. The predicted octanol–water partition coefficient (Wildman–Crippen LogP) is 3.11. The third kappa shape index (κ3) is 5.59. The summed E-state index contributed by atoms with van der Waals surface area (Å²) in [5, 5.41) is 13.4. The number of hydrogen-bond acceptors (Lipinski definition) is 3. The number of alkyl halides is 3. The number of rotatable bonds is 4. The summed E-state index contributed by atoms with van der Waals surface area (Å²) >= 11 is 0. The minimum atomic E-state index is -4.75. The van der Waals surface area contributed by atoms with Gasteiger partial charge >= 0.3 is 12.2 Å². The SMILES string of the molecule is O=C(NCC(O)C(F)(F)F)Nc1cccc(N2CCCCCC2)c1. The molecule has 1 saturated heterocycles. The van der Waals surface area contributed by atoms with E-state index < -0.39 is 24.9 Å². The fourth-order valence-electron chi connectivity index (χ4n) is 2.59. The van der Waals surface area contributed by atoms with Crippen LogP contribution in [0, 0.1) is 0 Å². The summed E-state index contributed by atoms with van der Waals surface area (Å²) in [6, 6.07) is 6.42. The molecule has 2 rings (SSSR count). The average Bonchev–Trinajstić information content (AvgIpc) is 2.81. The van der Waals surface area contributed by atoms with Crippen LogP contribution in [0.4, 0.5) is 29.3 Å². The summed E-state index contributed by atoms with van der Waals surface area (Å²) < 4.78 is 36.6. The molecule has 0 spiro atoms. The number of carbonyl (C=O) groups excluding carboxylic acids is 1. The quantitative estimate of drug-likeness (QED) is 0.786. The van der Waals surface area contributed by atoms with E-state index in [1.54, 1.807) is 18.2 Å². The van der Waals surface area contributed by atoms with E-state index in [-0.39, 0.29) is 0 Å². The normalized spacial score (nSPS) is 17.1. The van der Waals surface area contributed by atoms with Crippen LogP contribution in [0.5, 0.6) is 0 Å². The monoisotopic (exact) mass is 345 g/mol. The second-order valence-electron chi connectivity index (χ2n) is 5.84. The van der Waals surface area contributed by atoms with Crippen molar-refractivity contribution >= 4 is 17.4 Å². The lowest BCUT2D eigenvalue weighted by Gasteiger charge is -2.23. The van der Waals surface area contributed by atoms with Gasteiger partial charge in [0.05, 0.1) is 6.54 Å². The van der Waals surface area contributed by atoms with Gasteiger partial charge in [0, 0.05) is 24.5 Å². The van der Waals surface area contributed by atoms with Crippen LogP contribution >= 0.6 is 0 Å². The number of anilines is 2. The second kappa shape index (κ2) is 8.23. The number of urea groups is 1. The zero-order chi connectivity index (χ0) is 17.6. The molecule has 0 aliphatic carbocycles. The Bertz CT molecular complexity index is 544. The molecule has 1 heterocycles. The smallest absolute Gasteiger partial charge is 0.382 e. The van der Waals surface area contributed by atoms with Gasteiger partial charge in [-0.3, -0.25) is 0 Å². The first-order valence-corrected chi connectivity index (χ1v) is 8.01. The Morgan fingerprint density at radius 3 is 2.50 bits per heavy atom. The van der Waals surface area contributed by atoms with Crippen LogP contribution in [0.3, 0.4) is 0 Å². The molecule has 2 amide bonds. The van der Waals surface area contributed by atoms with Crippen molar-refractivity contribution in [1.82, 2.24) is 5.32 Å². The Kier molecular flexibility index (Phi) is 6.30. The number of hydrogen-bond donors (Lipinski definition) is 3. The highest BCUT2D eigenvalue weighted by atomic mass is 19.4. The molecule has 1 fully saturated rings. The highest BCUT2D eigenvalue weighted by Crippen LogP contribution is 2.23. The minimum absolute atomic E-state index is 0.496. The molecule has 0 saturated carbocycles. The highest BCUT2D eigenvalue weighted by Gasteiger charge is 2.38. The largest absolute Gasteiger partial charge is 0.416 e.